The molecule has 2 amide bonds. The van der Waals surface area contributed by atoms with E-state index >= 15 is 0 Å². The average Bonchev–Trinajstić information content (AvgIpc) is 3.27. The van der Waals surface area contributed by atoms with Crippen LogP contribution in [0.4, 0.5) is 5.69 Å². The van der Waals surface area contributed by atoms with Crippen molar-refractivity contribution in [3.63, 3.8) is 0 Å². The molecular weight excluding hydrogens is 388 g/mol. The van der Waals surface area contributed by atoms with Crippen molar-refractivity contribution < 1.29 is 18.9 Å². The van der Waals surface area contributed by atoms with Crippen molar-refractivity contribution >= 4 is 29.8 Å². The molecule has 0 unspecified atom stereocenters. The van der Waals surface area contributed by atoms with Crippen molar-refractivity contribution in [3.8, 4) is 0 Å². The first-order chi connectivity index (χ1) is 14.5. The fraction of sp³-hybridized carbons (Fsp3) is 0. The SMILES string of the molecule is O=C(N/N=C\c1ccco1)/C(=C/c1ccc([N+](=O)[O-])cc1)NC(=O)c1ccccc1. The number of nitro benzene ring substituents is 1. The average molecular weight is 404 g/mol. The summed E-state index contributed by atoms with van der Waals surface area (Å²) in [6.45, 7) is 0. The third-order valence-corrected chi connectivity index (χ3v) is 3.84. The van der Waals surface area contributed by atoms with Crippen LogP contribution in [0.3, 0.4) is 0 Å². The summed E-state index contributed by atoms with van der Waals surface area (Å²) in [5.74, 6) is -0.737. The van der Waals surface area contributed by atoms with Gasteiger partial charge in [0.2, 0.25) is 0 Å². The van der Waals surface area contributed by atoms with Gasteiger partial charge in [0.25, 0.3) is 17.5 Å². The molecular formula is C21H16N4O5. The molecule has 0 fully saturated rings. The van der Waals surface area contributed by atoms with Gasteiger partial charge in [-0.25, -0.2) is 5.43 Å². The summed E-state index contributed by atoms with van der Waals surface area (Å²) in [5.41, 5.74) is 2.97. The summed E-state index contributed by atoms with van der Waals surface area (Å²) in [6.07, 6.45) is 4.16. The van der Waals surface area contributed by atoms with Gasteiger partial charge in [-0.2, -0.15) is 5.10 Å². The van der Waals surface area contributed by atoms with E-state index in [2.05, 4.69) is 15.8 Å². The highest BCUT2D eigenvalue weighted by molar-refractivity contribution is 6.05. The summed E-state index contributed by atoms with van der Waals surface area (Å²) in [6, 6.07) is 17.2. The van der Waals surface area contributed by atoms with Crippen LogP contribution in [0, 0.1) is 10.1 Å². The van der Waals surface area contributed by atoms with Crippen LogP contribution in [0.1, 0.15) is 21.7 Å². The molecule has 0 bridgehead atoms. The minimum absolute atomic E-state index is 0.0884. The zero-order valence-corrected chi connectivity index (χ0v) is 15.5. The Labute approximate surface area is 170 Å². The van der Waals surface area contributed by atoms with Gasteiger partial charge >= 0.3 is 0 Å². The van der Waals surface area contributed by atoms with E-state index in [1.165, 1.54) is 42.8 Å². The van der Waals surface area contributed by atoms with Crippen LogP contribution in [-0.2, 0) is 4.79 Å². The molecule has 1 heterocycles. The zero-order valence-electron chi connectivity index (χ0n) is 15.5. The maximum atomic E-state index is 12.6. The normalized spacial score (nSPS) is 11.3. The van der Waals surface area contributed by atoms with E-state index < -0.39 is 16.7 Å². The van der Waals surface area contributed by atoms with Crippen LogP contribution in [0.25, 0.3) is 6.08 Å². The first-order valence-electron chi connectivity index (χ1n) is 8.72. The molecule has 9 heteroatoms. The van der Waals surface area contributed by atoms with Crippen molar-refractivity contribution in [2.45, 2.75) is 0 Å². The number of hydrogen-bond donors (Lipinski definition) is 2. The maximum absolute atomic E-state index is 12.6. The smallest absolute Gasteiger partial charge is 0.287 e. The van der Waals surface area contributed by atoms with Crippen molar-refractivity contribution in [2.24, 2.45) is 5.10 Å². The van der Waals surface area contributed by atoms with Crippen LogP contribution in [0.5, 0.6) is 0 Å². The Morgan fingerprint density at radius 1 is 1.00 bits per heavy atom. The molecule has 0 saturated heterocycles. The summed E-state index contributed by atoms with van der Waals surface area (Å²) >= 11 is 0. The zero-order chi connectivity index (χ0) is 21.3. The Kier molecular flexibility index (Phi) is 6.47. The lowest BCUT2D eigenvalue weighted by molar-refractivity contribution is -0.384. The summed E-state index contributed by atoms with van der Waals surface area (Å²) in [7, 11) is 0. The minimum atomic E-state index is -0.680. The van der Waals surface area contributed by atoms with Crippen molar-refractivity contribution in [2.75, 3.05) is 0 Å². The lowest BCUT2D eigenvalue weighted by Crippen LogP contribution is -2.32. The number of furan rings is 1. The molecule has 0 atom stereocenters. The number of rotatable bonds is 7. The standard InChI is InChI=1S/C21H16N4O5/c26-20(16-5-2-1-3-6-16)23-19(13-15-8-10-17(11-9-15)25(28)29)21(27)24-22-14-18-7-4-12-30-18/h1-14H,(H,23,26)(H,24,27)/b19-13-,22-14-. The van der Waals surface area contributed by atoms with Gasteiger partial charge < -0.3 is 9.73 Å². The van der Waals surface area contributed by atoms with E-state index in [9.17, 15) is 19.7 Å². The summed E-state index contributed by atoms with van der Waals surface area (Å²) in [5, 5.41) is 17.1. The molecule has 0 radical (unpaired) electrons. The van der Waals surface area contributed by atoms with E-state index in [-0.39, 0.29) is 11.4 Å². The number of non-ortho nitro benzene ring substituents is 1. The molecule has 2 aromatic carbocycles. The maximum Gasteiger partial charge on any atom is 0.287 e. The number of amides is 2. The third kappa shape index (κ3) is 5.49. The highest BCUT2D eigenvalue weighted by Crippen LogP contribution is 2.14. The van der Waals surface area contributed by atoms with E-state index in [4.69, 9.17) is 4.42 Å². The molecule has 1 aromatic heterocycles. The van der Waals surface area contributed by atoms with Crippen molar-refractivity contribution in [1.29, 1.82) is 0 Å². The molecule has 150 valence electrons. The third-order valence-electron chi connectivity index (χ3n) is 3.84. The van der Waals surface area contributed by atoms with Crippen LogP contribution in [0.2, 0.25) is 0 Å². The highest BCUT2D eigenvalue weighted by atomic mass is 16.6. The van der Waals surface area contributed by atoms with Crippen LogP contribution >= 0.6 is 0 Å². The number of nitro groups is 1. The van der Waals surface area contributed by atoms with Gasteiger partial charge in [-0.05, 0) is 48.0 Å². The first kappa shape index (κ1) is 20.2. The van der Waals surface area contributed by atoms with Gasteiger partial charge in [-0.3, -0.25) is 19.7 Å². The fourth-order valence-corrected chi connectivity index (χ4v) is 2.38. The van der Waals surface area contributed by atoms with Crippen LogP contribution in [0.15, 0.2) is 88.2 Å². The number of hydrazone groups is 1. The second kappa shape index (κ2) is 9.60. The first-order valence-corrected chi connectivity index (χ1v) is 8.72. The van der Waals surface area contributed by atoms with Crippen LogP contribution in [-0.4, -0.2) is 23.0 Å². The van der Waals surface area contributed by atoms with Gasteiger partial charge in [-0.1, -0.05) is 18.2 Å². The lowest BCUT2D eigenvalue weighted by Gasteiger charge is -2.09. The molecule has 0 aliphatic carbocycles. The number of nitrogens with zero attached hydrogens (tertiary/aromatic N) is 2. The lowest BCUT2D eigenvalue weighted by atomic mass is 10.1. The quantitative estimate of drug-likeness (QED) is 0.271. The molecule has 0 aliphatic heterocycles. The molecule has 3 aromatic rings. The van der Waals surface area contributed by atoms with Crippen molar-refractivity contribution in [3.05, 3.63) is 106 Å². The Morgan fingerprint density at radius 3 is 2.37 bits per heavy atom. The number of hydrogen-bond acceptors (Lipinski definition) is 6. The molecule has 30 heavy (non-hydrogen) atoms. The second-order valence-electron chi connectivity index (χ2n) is 5.94. The fourth-order valence-electron chi connectivity index (χ4n) is 2.38. The van der Waals surface area contributed by atoms with Gasteiger partial charge in [0.05, 0.1) is 17.4 Å². The number of carbonyl (C=O) groups excluding carboxylic acids is 2. The molecule has 3 rings (SSSR count). The number of nitrogens with one attached hydrogen (secondary N) is 2. The second-order valence-corrected chi connectivity index (χ2v) is 5.94. The topological polar surface area (TPSA) is 127 Å². The van der Waals surface area contributed by atoms with E-state index in [0.717, 1.165) is 0 Å². The Morgan fingerprint density at radius 2 is 1.73 bits per heavy atom. The summed E-state index contributed by atoms with van der Waals surface area (Å²) < 4.78 is 5.08. The molecule has 9 nitrogen and oxygen atoms in total. The van der Waals surface area contributed by atoms with Crippen molar-refractivity contribution in [1.82, 2.24) is 10.7 Å². The Balaban J connectivity index is 1.82. The van der Waals surface area contributed by atoms with Gasteiger partial charge in [-0.15, -0.1) is 0 Å². The predicted molar refractivity (Wildman–Crippen MR) is 109 cm³/mol. The molecule has 0 aliphatic rings. The largest absolute Gasteiger partial charge is 0.463 e. The summed E-state index contributed by atoms with van der Waals surface area (Å²) in [4.78, 5) is 35.3. The predicted octanol–water partition coefficient (Wildman–Crippen LogP) is 3.11. The van der Waals surface area contributed by atoms with Crippen LogP contribution < -0.4 is 10.7 Å². The van der Waals surface area contributed by atoms with E-state index in [0.29, 0.717) is 16.9 Å². The highest BCUT2D eigenvalue weighted by Gasteiger charge is 2.14. The minimum Gasteiger partial charge on any atom is -0.463 e. The molecule has 0 spiro atoms. The van der Waals surface area contributed by atoms with E-state index in [1.54, 1.807) is 42.5 Å². The monoisotopic (exact) mass is 404 g/mol. The van der Waals surface area contributed by atoms with Gasteiger partial charge in [0.1, 0.15) is 11.5 Å². The number of benzene rings is 2. The number of carbonyl (C=O) groups is 2. The Hall–Kier alpha value is -4.53. The molecule has 2 N–H and O–H groups in total. The van der Waals surface area contributed by atoms with Gasteiger partial charge in [0.15, 0.2) is 0 Å². The Bertz CT molecular complexity index is 1090. The van der Waals surface area contributed by atoms with Gasteiger partial charge in [0, 0.05) is 17.7 Å². The van der Waals surface area contributed by atoms with E-state index in [1.807, 2.05) is 0 Å². The molecule has 0 saturated carbocycles.